The maximum atomic E-state index is 13.0. The van der Waals surface area contributed by atoms with Crippen molar-refractivity contribution in [2.75, 3.05) is 7.11 Å². The van der Waals surface area contributed by atoms with Gasteiger partial charge in [-0.25, -0.2) is 4.79 Å². The molecule has 1 aromatic heterocycles. The van der Waals surface area contributed by atoms with E-state index in [0.29, 0.717) is 24.2 Å². The zero-order valence-corrected chi connectivity index (χ0v) is 20.8. The summed E-state index contributed by atoms with van der Waals surface area (Å²) in [6.07, 6.45) is 3.00. The monoisotopic (exact) mass is 515 g/mol. The number of thiophene rings is 1. The maximum Gasteiger partial charge on any atom is 0.336 e. The molecule has 2 aromatic rings. The molecule has 32 heavy (non-hydrogen) atoms. The molecular formula is C25H26BrNO4S. The largest absolute Gasteiger partial charge is 0.489 e. The Kier molecular flexibility index (Phi) is 6.86. The second-order valence-electron chi connectivity index (χ2n) is 7.95. The minimum absolute atomic E-state index is 0.108. The van der Waals surface area contributed by atoms with Crippen LogP contribution in [0.3, 0.4) is 0 Å². The number of dihydropyridines is 1. The van der Waals surface area contributed by atoms with Crippen LogP contribution in [-0.2, 0) is 27.4 Å². The predicted octanol–water partition coefficient (Wildman–Crippen LogP) is 5.79. The van der Waals surface area contributed by atoms with Crippen molar-refractivity contribution in [1.82, 2.24) is 5.32 Å². The lowest BCUT2D eigenvalue weighted by Crippen LogP contribution is -2.33. The lowest BCUT2D eigenvalue weighted by molar-refractivity contribution is -0.136. The summed E-state index contributed by atoms with van der Waals surface area (Å²) < 4.78 is 12.1. The molecule has 0 saturated carbocycles. The first kappa shape index (κ1) is 22.8. The van der Waals surface area contributed by atoms with E-state index < -0.39 is 11.9 Å². The summed E-state index contributed by atoms with van der Waals surface area (Å²) in [6.45, 7) is 4.43. The van der Waals surface area contributed by atoms with Crippen LogP contribution in [0.25, 0.3) is 0 Å². The van der Waals surface area contributed by atoms with Crippen LogP contribution in [0, 0.1) is 0 Å². The van der Waals surface area contributed by atoms with Crippen LogP contribution in [0.1, 0.15) is 54.3 Å². The molecule has 1 N–H and O–H groups in total. The molecule has 5 nitrogen and oxygen atoms in total. The van der Waals surface area contributed by atoms with Crippen molar-refractivity contribution in [3.05, 3.63) is 72.7 Å². The number of esters is 1. The summed E-state index contributed by atoms with van der Waals surface area (Å²) in [4.78, 5) is 27.9. The van der Waals surface area contributed by atoms with Gasteiger partial charge in [-0.3, -0.25) is 4.79 Å². The summed E-state index contributed by atoms with van der Waals surface area (Å²) >= 11 is 5.09. The zero-order chi connectivity index (χ0) is 22.8. The van der Waals surface area contributed by atoms with Gasteiger partial charge < -0.3 is 14.8 Å². The van der Waals surface area contributed by atoms with Gasteiger partial charge >= 0.3 is 5.97 Å². The number of allylic oxidation sites excluding steroid dienone is 3. The molecule has 168 valence electrons. The average Bonchev–Trinajstić information content (AvgIpc) is 3.20. The minimum Gasteiger partial charge on any atom is -0.489 e. The van der Waals surface area contributed by atoms with E-state index in [1.165, 1.54) is 12.0 Å². The van der Waals surface area contributed by atoms with Crippen molar-refractivity contribution in [2.24, 2.45) is 0 Å². The Bertz CT molecular complexity index is 1110. The summed E-state index contributed by atoms with van der Waals surface area (Å²) in [7, 11) is 1.38. The van der Waals surface area contributed by atoms with E-state index in [0.717, 1.165) is 51.3 Å². The summed E-state index contributed by atoms with van der Waals surface area (Å²) in [5.74, 6) is 0.104. The molecule has 1 aromatic carbocycles. The second-order valence-corrected chi connectivity index (χ2v) is 10.0. The van der Waals surface area contributed by atoms with E-state index >= 15 is 0 Å². The first-order valence-corrected chi connectivity index (χ1v) is 12.4. The molecular weight excluding hydrogens is 490 g/mol. The summed E-state index contributed by atoms with van der Waals surface area (Å²) in [5, 5.41) is 3.31. The number of Topliss-reactive ketones (excluding diaryl/α,β-unsaturated/α-hetero) is 1. The second kappa shape index (κ2) is 9.63. The van der Waals surface area contributed by atoms with E-state index in [4.69, 9.17) is 9.47 Å². The van der Waals surface area contributed by atoms with Crippen molar-refractivity contribution in [3.8, 4) is 5.75 Å². The number of aryl methyl sites for hydroxylation is 1. The van der Waals surface area contributed by atoms with Gasteiger partial charge in [-0.15, -0.1) is 11.3 Å². The molecule has 7 heteroatoms. The lowest BCUT2D eigenvalue weighted by atomic mass is 9.78. The number of hydrogen-bond acceptors (Lipinski definition) is 6. The fraction of sp³-hybridized carbons (Fsp3) is 0.360. The van der Waals surface area contributed by atoms with Gasteiger partial charge in [0.1, 0.15) is 12.4 Å². The van der Waals surface area contributed by atoms with Crippen LogP contribution in [0.2, 0.25) is 0 Å². The Morgan fingerprint density at radius 1 is 1.25 bits per heavy atom. The van der Waals surface area contributed by atoms with Gasteiger partial charge in [0.05, 0.1) is 18.6 Å². The molecule has 1 atom stereocenters. The lowest BCUT2D eigenvalue weighted by Gasteiger charge is -2.33. The van der Waals surface area contributed by atoms with Gasteiger partial charge in [-0.1, -0.05) is 22.9 Å². The minimum atomic E-state index is -0.400. The Balaban J connectivity index is 1.72. The quantitative estimate of drug-likeness (QED) is 0.493. The zero-order valence-electron chi connectivity index (χ0n) is 18.4. The Morgan fingerprint density at radius 3 is 2.69 bits per heavy atom. The first-order valence-electron chi connectivity index (χ1n) is 10.7. The van der Waals surface area contributed by atoms with Crippen molar-refractivity contribution < 1.29 is 19.1 Å². The van der Waals surface area contributed by atoms with Gasteiger partial charge in [0, 0.05) is 43.2 Å². The van der Waals surface area contributed by atoms with E-state index in [-0.39, 0.29) is 5.78 Å². The molecule has 0 radical (unpaired) electrons. The smallest absolute Gasteiger partial charge is 0.336 e. The highest BCUT2D eigenvalue weighted by molar-refractivity contribution is 9.10. The highest BCUT2D eigenvalue weighted by atomic mass is 79.9. The Morgan fingerprint density at radius 2 is 2.00 bits per heavy atom. The topological polar surface area (TPSA) is 64.6 Å². The number of rotatable bonds is 6. The highest BCUT2D eigenvalue weighted by Gasteiger charge is 2.40. The van der Waals surface area contributed by atoms with E-state index in [9.17, 15) is 9.59 Å². The van der Waals surface area contributed by atoms with Gasteiger partial charge in [0.25, 0.3) is 0 Å². The predicted molar refractivity (Wildman–Crippen MR) is 129 cm³/mol. The van der Waals surface area contributed by atoms with Crippen LogP contribution >= 0.6 is 27.3 Å². The van der Waals surface area contributed by atoms with Crippen LogP contribution in [-0.4, -0.2) is 18.9 Å². The van der Waals surface area contributed by atoms with Crippen LogP contribution in [0.15, 0.2) is 57.3 Å². The molecule has 2 heterocycles. The van der Waals surface area contributed by atoms with Crippen molar-refractivity contribution in [2.45, 2.75) is 52.1 Å². The van der Waals surface area contributed by atoms with Crippen molar-refractivity contribution >= 4 is 39.0 Å². The summed E-state index contributed by atoms with van der Waals surface area (Å²) in [6, 6.07) is 9.84. The third kappa shape index (κ3) is 4.41. The number of ketones is 1. The van der Waals surface area contributed by atoms with E-state index in [1.54, 1.807) is 11.3 Å². The number of nitrogens with one attached hydrogen (secondary N) is 1. The van der Waals surface area contributed by atoms with Gasteiger partial charge in [-0.05, 0) is 56.5 Å². The van der Waals surface area contributed by atoms with Crippen LogP contribution in [0.4, 0.5) is 0 Å². The van der Waals surface area contributed by atoms with Gasteiger partial charge in [-0.2, -0.15) is 0 Å². The van der Waals surface area contributed by atoms with Gasteiger partial charge in [0.2, 0.25) is 0 Å². The summed E-state index contributed by atoms with van der Waals surface area (Å²) in [5.41, 5.74) is 4.02. The number of benzene rings is 1. The molecule has 0 unspecified atom stereocenters. The van der Waals surface area contributed by atoms with Crippen molar-refractivity contribution in [1.29, 1.82) is 0 Å². The standard InChI is InChI=1S/C25H26BrNO4S/c1-4-20-15(13-31-17-10-8-16(26)9-11-17)12-21(32-20)24-22(25(29)30-3)14(2)27-18-6-5-7-19(28)23(18)24/h8-12,24,27H,4-7,13H2,1-3H3/t24-/m0/s1. The van der Waals surface area contributed by atoms with Gasteiger partial charge in [0.15, 0.2) is 5.78 Å². The molecule has 0 fully saturated rings. The molecule has 2 aliphatic rings. The van der Waals surface area contributed by atoms with Crippen LogP contribution in [0.5, 0.6) is 5.75 Å². The first-order chi connectivity index (χ1) is 15.4. The Hall–Kier alpha value is -2.38. The number of methoxy groups -OCH3 is 1. The molecule has 0 spiro atoms. The highest BCUT2D eigenvalue weighted by Crippen LogP contribution is 2.45. The normalized spacial score (nSPS) is 18.4. The number of halogens is 1. The molecule has 0 saturated heterocycles. The molecule has 0 amide bonds. The molecule has 4 rings (SSSR count). The number of hydrogen-bond donors (Lipinski definition) is 1. The molecule has 1 aliphatic carbocycles. The van der Waals surface area contributed by atoms with Crippen molar-refractivity contribution in [3.63, 3.8) is 0 Å². The number of carbonyl (C=O) groups is 2. The third-order valence-electron chi connectivity index (χ3n) is 5.91. The average molecular weight is 516 g/mol. The third-order valence-corrected chi connectivity index (χ3v) is 7.83. The van der Waals surface area contributed by atoms with E-state index in [2.05, 4.69) is 34.2 Å². The fourth-order valence-corrected chi connectivity index (χ4v) is 5.89. The molecule has 1 aliphatic heterocycles. The van der Waals surface area contributed by atoms with E-state index in [1.807, 2.05) is 31.2 Å². The maximum absolute atomic E-state index is 13.0. The SMILES string of the molecule is CCc1sc([C@H]2C(C(=O)OC)=C(C)NC3=C2C(=O)CCC3)cc1COc1ccc(Br)cc1. The number of ether oxygens (including phenoxy) is 2. The fourth-order valence-electron chi connectivity index (χ4n) is 4.39. The molecule has 0 bridgehead atoms. The van der Waals surface area contributed by atoms with Crippen LogP contribution < -0.4 is 10.1 Å². The number of carbonyl (C=O) groups excluding carboxylic acids is 2. The Labute approximate surface area is 200 Å².